The number of hydrogen-bond acceptors (Lipinski definition) is 6. The molecule has 9 nitrogen and oxygen atoms in total. The van der Waals surface area contributed by atoms with Gasteiger partial charge in [-0.1, -0.05) is 10.5 Å². The third kappa shape index (κ3) is 5.93. The molecule has 0 saturated heterocycles. The second-order valence-corrected chi connectivity index (χ2v) is 10.4. The van der Waals surface area contributed by atoms with Gasteiger partial charge in [0, 0.05) is 23.7 Å². The number of alkyl halides is 3. The monoisotopic (exact) mass is 571 g/mol. The van der Waals surface area contributed by atoms with E-state index in [-0.39, 0.29) is 11.7 Å². The molecule has 0 radical (unpaired) electrons. The second-order valence-electron chi connectivity index (χ2n) is 10.4. The van der Waals surface area contributed by atoms with Crippen molar-refractivity contribution in [3.63, 3.8) is 0 Å². The topological polar surface area (TPSA) is 89.8 Å². The van der Waals surface area contributed by atoms with E-state index in [1.54, 1.807) is 43.9 Å². The molecule has 0 aliphatic carbocycles. The molecular weight excluding hydrogens is 546 g/mol. The van der Waals surface area contributed by atoms with Crippen molar-refractivity contribution in [3.8, 4) is 11.6 Å². The molecule has 2 amide bonds. The summed E-state index contributed by atoms with van der Waals surface area (Å²) in [5.74, 6) is 0.696. The summed E-state index contributed by atoms with van der Waals surface area (Å²) in [4.78, 5) is 35.4. The first-order valence-corrected chi connectivity index (χ1v) is 12.6. The molecule has 1 aliphatic rings. The number of anilines is 1. The summed E-state index contributed by atoms with van der Waals surface area (Å²) in [7, 11) is 0. The van der Waals surface area contributed by atoms with Crippen LogP contribution in [0.5, 0.6) is 11.6 Å². The number of hydrogen-bond donors (Lipinski definition) is 0. The van der Waals surface area contributed by atoms with Crippen molar-refractivity contribution in [2.45, 2.75) is 45.5 Å². The number of halogens is 4. The van der Waals surface area contributed by atoms with E-state index in [4.69, 9.17) is 9.47 Å². The molecule has 1 aliphatic heterocycles. The van der Waals surface area contributed by atoms with Crippen LogP contribution in [0.2, 0.25) is 0 Å². The first kappa shape index (κ1) is 27.9. The van der Waals surface area contributed by atoms with E-state index in [2.05, 4.69) is 9.97 Å². The number of fused-ring (bicyclic) bond motifs is 2. The predicted molar refractivity (Wildman–Crippen MR) is 140 cm³/mol. The van der Waals surface area contributed by atoms with Gasteiger partial charge >= 0.3 is 18.3 Å². The highest BCUT2D eigenvalue weighted by Gasteiger charge is 2.32. The first-order chi connectivity index (χ1) is 19.3. The number of nitrogens with zero attached hydrogens (tertiary/aromatic N) is 5. The average molecular weight is 572 g/mol. The number of carbonyl (C=O) groups is 2. The molecule has 3 heterocycles. The largest absolute Gasteiger partial charge is 0.444 e. The lowest BCUT2D eigenvalue weighted by Gasteiger charge is -2.30. The molecule has 4 aromatic rings. The molecule has 2 aromatic carbocycles. The smallest absolute Gasteiger partial charge is 0.416 e. The second kappa shape index (κ2) is 10.4. The zero-order valence-corrected chi connectivity index (χ0v) is 22.3. The van der Waals surface area contributed by atoms with E-state index in [9.17, 15) is 27.2 Å². The number of carbonyl (C=O) groups excluding carboxylic acids is 2. The Morgan fingerprint density at radius 1 is 1.02 bits per heavy atom. The fourth-order valence-electron chi connectivity index (χ4n) is 4.37. The highest BCUT2D eigenvalue weighted by Crippen LogP contribution is 2.33. The fourth-order valence-corrected chi connectivity index (χ4v) is 4.37. The van der Waals surface area contributed by atoms with E-state index in [1.807, 2.05) is 0 Å². The van der Waals surface area contributed by atoms with Gasteiger partial charge in [-0.15, -0.1) is 5.12 Å². The van der Waals surface area contributed by atoms with Crippen LogP contribution >= 0.6 is 0 Å². The molecule has 2 aromatic heterocycles. The number of ether oxygens (including phenoxy) is 2. The van der Waals surface area contributed by atoms with E-state index < -0.39 is 35.2 Å². The Labute approximate surface area is 231 Å². The van der Waals surface area contributed by atoms with Crippen LogP contribution in [0.25, 0.3) is 10.9 Å². The first-order valence-electron chi connectivity index (χ1n) is 12.6. The third-order valence-corrected chi connectivity index (χ3v) is 6.27. The Morgan fingerprint density at radius 3 is 2.54 bits per heavy atom. The standard InChI is InChI=1S/C28H25F4N5O4/c1-27(2,3)41-26(39)35-11-10-21-22(15-35)33-16-34-24(21)40-20-7-8-23-17(13-20)9-12-36(23)25(38)37(32)19-6-4-5-18(14-19)28(29,30)31/h4-9,12-14,16H,10-11,15H2,1-3H3. The third-order valence-electron chi connectivity index (χ3n) is 6.27. The highest BCUT2D eigenvalue weighted by molar-refractivity contribution is 5.99. The van der Waals surface area contributed by atoms with Gasteiger partial charge in [-0.05, 0) is 69.7 Å². The van der Waals surface area contributed by atoms with E-state index in [1.165, 1.54) is 18.6 Å². The maximum absolute atomic E-state index is 14.9. The molecule has 0 unspecified atom stereocenters. The summed E-state index contributed by atoms with van der Waals surface area (Å²) < 4.78 is 66.5. The summed E-state index contributed by atoms with van der Waals surface area (Å²) in [6.45, 7) is 6.01. The number of rotatable bonds is 3. The van der Waals surface area contributed by atoms with Crippen molar-refractivity contribution in [2.24, 2.45) is 0 Å². The molecular formula is C28H25F4N5O4. The van der Waals surface area contributed by atoms with Gasteiger partial charge in [0.15, 0.2) is 0 Å². The van der Waals surface area contributed by atoms with Crippen LogP contribution in [-0.4, -0.2) is 43.7 Å². The Balaban J connectivity index is 1.33. The van der Waals surface area contributed by atoms with Crippen molar-refractivity contribution >= 4 is 28.7 Å². The number of amides is 2. The fraction of sp³-hybridized carbons (Fsp3) is 0.286. The molecule has 0 bridgehead atoms. The zero-order chi connectivity index (χ0) is 29.5. The molecule has 0 N–H and O–H groups in total. The van der Waals surface area contributed by atoms with Crippen LogP contribution in [0.1, 0.15) is 37.6 Å². The SMILES string of the molecule is CC(C)(C)OC(=O)N1CCc2c(ncnc2Oc2ccc3c(ccn3C(=O)N(F)c3cccc(C(F)(F)F)c3)c2)C1. The van der Waals surface area contributed by atoms with Crippen molar-refractivity contribution in [3.05, 3.63) is 77.9 Å². The van der Waals surface area contributed by atoms with Crippen molar-refractivity contribution in [1.82, 2.24) is 19.4 Å². The number of benzene rings is 2. The molecule has 0 spiro atoms. The van der Waals surface area contributed by atoms with Crippen molar-refractivity contribution in [2.75, 3.05) is 11.7 Å². The lowest BCUT2D eigenvalue weighted by atomic mass is 10.1. The van der Waals surface area contributed by atoms with Gasteiger partial charge in [0.2, 0.25) is 5.88 Å². The normalized spacial score (nSPS) is 13.6. The van der Waals surface area contributed by atoms with Crippen LogP contribution in [-0.2, 0) is 23.9 Å². The maximum Gasteiger partial charge on any atom is 0.416 e. The summed E-state index contributed by atoms with van der Waals surface area (Å²) in [5, 5.41) is 0.180. The van der Waals surface area contributed by atoms with Gasteiger partial charge < -0.3 is 14.4 Å². The maximum atomic E-state index is 14.9. The minimum Gasteiger partial charge on any atom is -0.444 e. The van der Waals surface area contributed by atoms with Crippen molar-refractivity contribution < 1.29 is 36.7 Å². The van der Waals surface area contributed by atoms with Gasteiger partial charge in [-0.25, -0.2) is 19.6 Å². The molecule has 0 saturated carbocycles. The van der Waals surface area contributed by atoms with Crippen LogP contribution in [0.3, 0.4) is 0 Å². The predicted octanol–water partition coefficient (Wildman–Crippen LogP) is 6.89. The van der Waals surface area contributed by atoms with E-state index in [0.29, 0.717) is 47.3 Å². The minimum atomic E-state index is -4.68. The number of aromatic nitrogens is 3. The Hall–Kier alpha value is -4.68. The van der Waals surface area contributed by atoms with Crippen molar-refractivity contribution in [1.29, 1.82) is 0 Å². The summed E-state index contributed by atoms with van der Waals surface area (Å²) in [5.41, 5.74) is -0.564. The van der Waals surface area contributed by atoms with Gasteiger partial charge in [-0.2, -0.15) is 13.2 Å². The van der Waals surface area contributed by atoms with Crippen LogP contribution in [0, 0.1) is 0 Å². The average Bonchev–Trinajstić information content (AvgIpc) is 3.34. The summed E-state index contributed by atoms with van der Waals surface area (Å²) >= 11 is 0. The minimum absolute atomic E-state index is 0.235. The molecule has 0 atom stereocenters. The molecule has 13 heteroatoms. The van der Waals surface area contributed by atoms with Gasteiger partial charge in [0.05, 0.1) is 29.0 Å². The van der Waals surface area contributed by atoms with Crippen LogP contribution in [0.4, 0.5) is 32.9 Å². The Morgan fingerprint density at radius 2 is 1.80 bits per heavy atom. The molecule has 41 heavy (non-hydrogen) atoms. The Bertz CT molecular complexity index is 1630. The van der Waals surface area contributed by atoms with Gasteiger partial charge in [0.1, 0.15) is 17.7 Å². The molecule has 214 valence electrons. The zero-order valence-electron chi connectivity index (χ0n) is 22.3. The highest BCUT2D eigenvalue weighted by atomic mass is 19.4. The molecule has 5 rings (SSSR count). The lowest BCUT2D eigenvalue weighted by Crippen LogP contribution is -2.40. The van der Waals surface area contributed by atoms with Crippen LogP contribution < -0.4 is 9.86 Å². The molecule has 0 fully saturated rings. The van der Waals surface area contributed by atoms with Crippen LogP contribution in [0.15, 0.2) is 61.1 Å². The van der Waals surface area contributed by atoms with Gasteiger partial charge in [-0.3, -0.25) is 4.57 Å². The lowest BCUT2D eigenvalue weighted by molar-refractivity contribution is -0.137. The van der Waals surface area contributed by atoms with E-state index >= 15 is 0 Å². The quantitative estimate of drug-likeness (QED) is 0.196. The Kier molecular flexibility index (Phi) is 7.05. The van der Waals surface area contributed by atoms with Gasteiger partial charge in [0.25, 0.3) is 0 Å². The van der Waals surface area contributed by atoms with E-state index in [0.717, 1.165) is 28.3 Å². The summed E-state index contributed by atoms with van der Waals surface area (Å²) in [6, 6.07) is 8.52. The summed E-state index contributed by atoms with van der Waals surface area (Å²) in [6.07, 6.45) is -2.02.